The van der Waals surface area contributed by atoms with Gasteiger partial charge in [0.05, 0.1) is 13.2 Å². The van der Waals surface area contributed by atoms with E-state index in [4.69, 9.17) is 10.5 Å². The van der Waals surface area contributed by atoms with Crippen molar-refractivity contribution in [2.45, 2.75) is 37.8 Å². The van der Waals surface area contributed by atoms with Crippen LogP contribution in [0.2, 0.25) is 0 Å². The van der Waals surface area contributed by atoms with Crippen LogP contribution in [-0.2, 0) is 4.74 Å². The highest BCUT2D eigenvalue weighted by Gasteiger charge is 2.31. The molecule has 0 aromatic heterocycles. The lowest BCUT2D eigenvalue weighted by Crippen LogP contribution is -2.45. The molecule has 104 valence electrons. The summed E-state index contributed by atoms with van der Waals surface area (Å²) >= 11 is 0. The van der Waals surface area contributed by atoms with Crippen molar-refractivity contribution in [2.75, 3.05) is 45.9 Å². The minimum atomic E-state index is 0.479. The number of rotatable bonds is 3. The lowest BCUT2D eigenvalue weighted by molar-refractivity contribution is 0.0182. The van der Waals surface area contributed by atoms with Crippen LogP contribution in [0.4, 0.5) is 0 Å². The summed E-state index contributed by atoms with van der Waals surface area (Å²) in [4.78, 5) is 5.30. The first kappa shape index (κ1) is 12.9. The molecule has 0 aromatic carbocycles. The van der Waals surface area contributed by atoms with Gasteiger partial charge in [0, 0.05) is 38.3 Å². The summed E-state index contributed by atoms with van der Waals surface area (Å²) in [6, 6.07) is 1.26. The molecule has 3 rings (SSSR count). The zero-order valence-corrected chi connectivity index (χ0v) is 11.4. The normalized spacial score (nSPS) is 39.5. The Morgan fingerprint density at radius 1 is 1.06 bits per heavy atom. The molecule has 4 nitrogen and oxygen atoms in total. The molecule has 4 heteroatoms. The molecule has 0 bridgehead atoms. The first-order chi connectivity index (χ1) is 8.81. The highest BCUT2D eigenvalue weighted by molar-refractivity contribution is 4.87. The summed E-state index contributed by atoms with van der Waals surface area (Å²) in [7, 11) is 0. The second kappa shape index (κ2) is 5.87. The van der Waals surface area contributed by atoms with E-state index in [9.17, 15) is 0 Å². The zero-order valence-electron chi connectivity index (χ0n) is 11.4. The van der Waals surface area contributed by atoms with Gasteiger partial charge in [-0.2, -0.15) is 0 Å². The molecular formula is C14H27N3O. The van der Waals surface area contributed by atoms with Crippen LogP contribution in [0.1, 0.15) is 25.7 Å². The van der Waals surface area contributed by atoms with Gasteiger partial charge in [0.2, 0.25) is 0 Å². The fourth-order valence-corrected chi connectivity index (χ4v) is 3.86. The van der Waals surface area contributed by atoms with E-state index in [-0.39, 0.29) is 0 Å². The lowest BCUT2D eigenvalue weighted by Gasteiger charge is -2.32. The molecule has 0 spiro atoms. The van der Waals surface area contributed by atoms with Gasteiger partial charge in [-0.05, 0) is 38.1 Å². The van der Waals surface area contributed by atoms with E-state index in [0.717, 1.165) is 38.3 Å². The van der Waals surface area contributed by atoms with Gasteiger partial charge in [-0.3, -0.25) is 4.90 Å². The van der Waals surface area contributed by atoms with Crippen molar-refractivity contribution in [3.63, 3.8) is 0 Å². The fourth-order valence-electron chi connectivity index (χ4n) is 3.86. The van der Waals surface area contributed by atoms with Crippen LogP contribution >= 0.6 is 0 Å². The maximum atomic E-state index is 6.00. The highest BCUT2D eigenvalue weighted by Crippen LogP contribution is 2.27. The van der Waals surface area contributed by atoms with Gasteiger partial charge >= 0.3 is 0 Å². The summed E-state index contributed by atoms with van der Waals surface area (Å²) < 4.78 is 5.44. The third kappa shape index (κ3) is 3.05. The molecule has 3 unspecified atom stereocenters. The number of nitrogens with zero attached hydrogens (tertiary/aromatic N) is 2. The second-order valence-electron chi connectivity index (χ2n) is 6.29. The van der Waals surface area contributed by atoms with E-state index >= 15 is 0 Å². The van der Waals surface area contributed by atoms with Gasteiger partial charge in [-0.1, -0.05) is 0 Å². The van der Waals surface area contributed by atoms with Crippen molar-refractivity contribution in [1.82, 2.24) is 9.80 Å². The van der Waals surface area contributed by atoms with E-state index in [1.54, 1.807) is 0 Å². The maximum absolute atomic E-state index is 6.00. The smallest absolute Gasteiger partial charge is 0.0594 e. The van der Waals surface area contributed by atoms with Crippen molar-refractivity contribution in [3.05, 3.63) is 0 Å². The lowest BCUT2D eigenvalue weighted by atomic mass is 10.1. The van der Waals surface area contributed by atoms with Crippen LogP contribution in [0, 0.1) is 5.92 Å². The first-order valence-corrected chi connectivity index (χ1v) is 7.61. The summed E-state index contributed by atoms with van der Waals surface area (Å²) in [5.41, 5.74) is 6.00. The average molecular weight is 253 g/mol. The number of nitrogens with two attached hydrogens (primary N) is 1. The Hall–Kier alpha value is -0.160. The van der Waals surface area contributed by atoms with E-state index in [1.165, 1.54) is 45.3 Å². The molecule has 1 saturated carbocycles. The molecule has 2 aliphatic heterocycles. The van der Waals surface area contributed by atoms with Crippen molar-refractivity contribution in [2.24, 2.45) is 11.7 Å². The summed E-state index contributed by atoms with van der Waals surface area (Å²) in [5.74, 6) is 0.864. The van der Waals surface area contributed by atoms with Crippen molar-refractivity contribution in [1.29, 1.82) is 0 Å². The van der Waals surface area contributed by atoms with E-state index in [2.05, 4.69) is 9.80 Å². The molecular weight excluding hydrogens is 226 g/mol. The summed E-state index contributed by atoms with van der Waals surface area (Å²) in [5, 5.41) is 0. The monoisotopic (exact) mass is 253 g/mol. The first-order valence-electron chi connectivity index (χ1n) is 7.61. The molecule has 3 fully saturated rings. The Labute approximate surface area is 110 Å². The van der Waals surface area contributed by atoms with Crippen molar-refractivity contribution >= 4 is 0 Å². The molecule has 1 aliphatic carbocycles. The third-order valence-electron chi connectivity index (χ3n) is 4.91. The van der Waals surface area contributed by atoms with Gasteiger partial charge < -0.3 is 15.4 Å². The molecule has 2 saturated heterocycles. The van der Waals surface area contributed by atoms with Crippen LogP contribution in [-0.4, -0.2) is 67.8 Å². The summed E-state index contributed by atoms with van der Waals surface area (Å²) in [6.45, 7) is 7.95. The Balaban J connectivity index is 1.43. The van der Waals surface area contributed by atoms with Gasteiger partial charge in [-0.25, -0.2) is 0 Å². The predicted molar refractivity (Wildman–Crippen MR) is 72.6 cm³/mol. The SMILES string of the molecule is NC1CCC(CN2CCC(N3CCOCC3)C2)C1. The predicted octanol–water partition coefficient (Wildman–Crippen LogP) is 0.520. The molecule has 2 heterocycles. The minimum absolute atomic E-state index is 0.479. The molecule has 0 radical (unpaired) electrons. The summed E-state index contributed by atoms with van der Waals surface area (Å²) in [6.07, 6.45) is 5.18. The van der Waals surface area contributed by atoms with Gasteiger partial charge in [0.25, 0.3) is 0 Å². The van der Waals surface area contributed by atoms with Crippen LogP contribution in [0.15, 0.2) is 0 Å². The molecule has 3 aliphatic rings. The molecule has 0 aromatic rings. The van der Waals surface area contributed by atoms with Crippen LogP contribution in [0.5, 0.6) is 0 Å². The van der Waals surface area contributed by atoms with Gasteiger partial charge in [-0.15, -0.1) is 0 Å². The number of ether oxygens (including phenoxy) is 1. The van der Waals surface area contributed by atoms with Crippen molar-refractivity contribution < 1.29 is 4.74 Å². The van der Waals surface area contributed by atoms with Gasteiger partial charge in [0.1, 0.15) is 0 Å². The second-order valence-corrected chi connectivity index (χ2v) is 6.29. The Morgan fingerprint density at radius 3 is 2.61 bits per heavy atom. The van der Waals surface area contributed by atoms with Crippen LogP contribution in [0.25, 0.3) is 0 Å². The average Bonchev–Trinajstić information content (AvgIpc) is 3.01. The van der Waals surface area contributed by atoms with E-state index < -0.39 is 0 Å². The van der Waals surface area contributed by atoms with E-state index in [1.807, 2.05) is 0 Å². The molecule has 18 heavy (non-hydrogen) atoms. The standard InChI is InChI=1S/C14H27N3O/c15-13-2-1-12(9-13)10-16-4-3-14(11-16)17-5-7-18-8-6-17/h12-14H,1-11,15H2. The highest BCUT2D eigenvalue weighted by atomic mass is 16.5. The van der Waals surface area contributed by atoms with E-state index in [0.29, 0.717) is 6.04 Å². The maximum Gasteiger partial charge on any atom is 0.0594 e. The number of hydrogen-bond donors (Lipinski definition) is 1. The molecule has 0 amide bonds. The minimum Gasteiger partial charge on any atom is -0.379 e. The quantitative estimate of drug-likeness (QED) is 0.796. The number of likely N-dealkylation sites (tertiary alicyclic amines) is 1. The Kier molecular flexibility index (Phi) is 4.19. The van der Waals surface area contributed by atoms with Gasteiger partial charge in [0.15, 0.2) is 0 Å². The zero-order chi connectivity index (χ0) is 12.4. The molecule has 2 N–H and O–H groups in total. The van der Waals surface area contributed by atoms with Crippen LogP contribution in [0.3, 0.4) is 0 Å². The third-order valence-corrected chi connectivity index (χ3v) is 4.91. The fraction of sp³-hybridized carbons (Fsp3) is 1.00. The van der Waals surface area contributed by atoms with Crippen molar-refractivity contribution in [3.8, 4) is 0 Å². The van der Waals surface area contributed by atoms with Crippen LogP contribution < -0.4 is 5.73 Å². The number of hydrogen-bond acceptors (Lipinski definition) is 4. The number of morpholine rings is 1. The Bertz CT molecular complexity index is 268. The Morgan fingerprint density at radius 2 is 1.89 bits per heavy atom. The topological polar surface area (TPSA) is 41.7 Å². The molecule has 3 atom stereocenters. The largest absolute Gasteiger partial charge is 0.379 e.